The minimum Gasteiger partial charge on any atom is -0.349 e. The maximum Gasteiger partial charge on any atom is 0.268 e. The third-order valence-corrected chi connectivity index (χ3v) is 8.40. The number of nitrogens with zero attached hydrogens (tertiary/aromatic N) is 4. The first-order valence-electron chi connectivity index (χ1n) is 14.0. The Hall–Kier alpha value is -4.89. The molecule has 43 heavy (non-hydrogen) atoms. The third kappa shape index (κ3) is 5.76. The van der Waals surface area contributed by atoms with Crippen molar-refractivity contribution < 1.29 is 9.18 Å². The molecule has 3 heterocycles. The predicted octanol–water partition coefficient (Wildman–Crippen LogP) is 6.32. The van der Waals surface area contributed by atoms with Gasteiger partial charge in [0.2, 0.25) is 5.91 Å². The number of hydrogen-bond acceptors (Lipinski definition) is 5. The molecule has 9 heteroatoms. The Morgan fingerprint density at radius 3 is 2.44 bits per heavy atom. The van der Waals surface area contributed by atoms with Gasteiger partial charge < -0.3 is 5.32 Å². The molecule has 7 nitrogen and oxygen atoms in total. The van der Waals surface area contributed by atoms with Crippen molar-refractivity contribution in [3.05, 3.63) is 140 Å². The molecule has 0 aliphatic heterocycles. The predicted molar refractivity (Wildman–Crippen MR) is 167 cm³/mol. The van der Waals surface area contributed by atoms with E-state index in [2.05, 4.69) is 15.4 Å². The summed E-state index contributed by atoms with van der Waals surface area (Å²) in [5, 5.41) is 9.68. The highest BCUT2D eigenvalue weighted by molar-refractivity contribution is 7.15. The maximum atomic E-state index is 14.1. The van der Waals surface area contributed by atoms with E-state index in [1.165, 1.54) is 27.9 Å². The van der Waals surface area contributed by atoms with Gasteiger partial charge in [0.15, 0.2) is 4.96 Å². The van der Waals surface area contributed by atoms with E-state index in [4.69, 9.17) is 0 Å². The molecule has 0 saturated carbocycles. The Morgan fingerprint density at radius 1 is 0.977 bits per heavy atom. The van der Waals surface area contributed by atoms with E-state index in [1.807, 2.05) is 74.5 Å². The highest BCUT2D eigenvalue weighted by atomic mass is 32.1. The van der Waals surface area contributed by atoms with Crippen molar-refractivity contribution in [3.63, 3.8) is 0 Å². The molecular formula is C34H30FN5O2S. The highest BCUT2D eigenvalue weighted by Gasteiger charge is 2.22. The van der Waals surface area contributed by atoms with Gasteiger partial charge in [-0.3, -0.25) is 14.0 Å². The number of hydrogen-bond donors (Lipinski definition) is 1. The van der Waals surface area contributed by atoms with Crippen molar-refractivity contribution >= 4 is 22.2 Å². The number of rotatable bonds is 8. The zero-order valence-electron chi connectivity index (χ0n) is 24.0. The van der Waals surface area contributed by atoms with E-state index in [1.54, 1.807) is 29.1 Å². The number of aromatic nitrogens is 4. The summed E-state index contributed by atoms with van der Waals surface area (Å²) in [5.74, 6) is -0.559. The van der Waals surface area contributed by atoms with Gasteiger partial charge in [-0.2, -0.15) is 5.10 Å². The third-order valence-electron chi connectivity index (χ3n) is 7.53. The SMILES string of the molecule is Cc1ccc(F)cc1-n1nc(-c2c(C)nc3scc(CC(=O)N[C@H](Cc4ccccc4)c4ccccc4)n3c2=O)cc1C. The molecule has 0 aliphatic carbocycles. The standard InChI is InChI=1S/C34H30FN5O2S/c1-21-14-15-26(35)18-30(21)40-22(2)16-29(38-40)32-23(3)36-34-39(33(32)42)27(20-43-34)19-31(41)37-28(25-12-8-5-9-13-25)17-24-10-6-4-7-11-24/h4-16,18,20,28H,17,19H2,1-3H3,(H,37,41)/t28-/m1/s1. The summed E-state index contributed by atoms with van der Waals surface area (Å²) in [6.45, 7) is 5.52. The number of aryl methyl sites for hydroxylation is 3. The van der Waals surface area contributed by atoms with Gasteiger partial charge >= 0.3 is 0 Å². The molecule has 0 radical (unpaired) electrons. The lowest BCUT2D eigenvalue weighted by Crippen LogP contribution is -2.32. The van der Waals surface area contributed by atoms with Crippen LogP contribution in [0.25, 0.3) is 21.9 Å². The molecule has 0 bridgehead atoms. The summed E-state index contributed by atoms with van der Waals surface area (Å²) >= 11 is 1.32. The van der Waals surface area contributed by atoms with E-state index in [0.717, 1.165) is 22.4 Å². The molecule has 3 aromatic carbocycles. The van der Waals surface area contributed by atoms with Crippen LogP contribution in [0.3, 0.4) is 0 Å². The lowest BCUT2D eigenvalue weighted by Gasteiger charge is -2.19. The van der Waals surface area contributed by atoms with Gasteiger partial charge in [0, 0.05) is 16.8 Å². The molecule has 1 amide bonds. The first kappa shape index (κ1) is 28.2. The monoisotopic (exact) mass is 591 g/mol. The van der Waals surface area contributed by atoms with Gasteiger partial charge in [0.05, 0.1) is 29.4 Å². The summed E-state index contributed by atoms with van der Waals surface area (Å²) in [5.41, 5.74) is 5.92. The van der Waals surface area contributed by atoms with Crippen LogP contribution in [0.1, 0.15) is 39.8 Å². The van der Waals surface area contributed by atoms with Crippen LogP contribution in [-0.4, -0.2) is 25.1 Å². The van der Waals surface area contributed by atoms with Gasteiger partial charge in [-0.1, -0.05) is 66.7 Å². The van der Waals surface area contributed by atoms with Gasteiger partial charge in [0.1, 0.15) is 11.5 Å². The van der Waals surface area contributed by atoms with E-state index >= 15 is 0 Å². The first-order valence-corrected chi connectivity index (χ1v) is 14.9. The summed E-state index contributed by atoms with van der Waals surface area (Å²) < 4.78 is 17.2. The number of carbonyl (C=O) groups is 1. The molecule has 216 valence electrons. The van der Waals surface area contributed by atoms with Crippen molar-refractivity contribution in [2.75, 3.05) is 0 Å². The summed E-state index contributed by atoms with van der Waals surface area (Å²) in [6.07, 6.45) is 0.650. The first-order chi connectivity index (χ1) is 20.8. The number of thiazole rings is 1. The second kappa shape index (κ2) is 11.8. The van der Waals surface area contributed by atoms with Gasteiger partial charge in [-0.05, 0) is 62.1 Å². The molecule has 0 spiro atoms. The Bertz CT molecular complexity index is 2000. The number of carbonyl (C=O) groups excluding carboxylic acids is 1. The molecule has 0 unspecified atom stereocenters. The Morgan fingerprint density at radius 2 is 1.70 bits per heavy atom. The van der Waals surface area contributed by atoms with E-state index in [-0.39, 0.29) is 29.7 Å². The van der Waals surface area contributed by atoms with Crippen LogP contribution in [0.2, 0.25) is 0 Å². The minimum absolute atomic E-state index is 0.0121. The molecule has 1 N–H and O–H groups in total. The lowest BCUT2D eigenvalue weighted by molar-refractivity contribution is -0.121. The summed E-state index contributed by atoms with van der Waals surface area (Å²) in [6, 6.07) is 26.0. The van der Waals surface area contributed by atoms with Gasteiger partial charge in [-0.25, -0.2) is 14.1 Å². The number of nitrogens with one attached hydrogen (secondary N) is 1. The topological polar surface area (TPSA) is 81.3 Å². The zero-order chi connectivity index (χ0) is 30.1. The van der Waals surface area contributed by atoms with Crippen LogP contribution in [0.5, 0.6) is 0 Å². The molecule has 0 saturated heterocycles. The summed E-state index contributed by atoms with van der Waals surface area (Å²) in [4.78, 5) is 32.6. The van der Waals surface area contributed by atoms with Crippen molar-refractivity contribution in [1.82, 2.24) is 24.5 Å². The van der Waals surface area contributed by atoms with Crippen LogP contribution >= 0.6 is 11.3 Å². The fraction of sp³-hybridized carbons (Fsp3) is 0.176. The second-order valence-electron chi connectivity index (χ2n) is 10.6. The maximum absolute atomic E-state index is 14.1. The number of benzene rings is 3. The van der Waals surface area contributed by atoms with Crippen LogP contribution < -0.4 is 10.9 Å². The average Bonchev–Trinajstić information content (AvgIpc) is 3.57. The molecule has 0 aliphatic rings. The second-order valence-corrected chi connectivity index (χ2v) is 11.5. The van der Waals surface area contributed by atoms with Gasteiger partial charge in [0.25, 0.3) is 5.56 Å². The fourth-order valence-electron chi connectivity index (χ4n) is 5.37. The van der Waals surface area contributed by atoms with Crippen LogP contribution in [0.15, 0.2) is 95.1 Å². The van der Waals surface area contributed by atoms with Gasteiger partial charge in [-0.15, -0.1) is 11.3 Å². The number of halogens is 1. The number of amides is 1. The lowest BCUT2D eigenvalue weighted by atomic mass is 9.98. The molecule has 1 atom stereocenters. The summed E-state index contributed by atoms with van der Waals surface area (Å²) in [7, 11) is 0. The fourth-order valence-corrected chi connectivity index (χ4v) is 6.30. The van der Waals surface area contributed by atoms with Crippen LogP contribution in [0.4, 0.5) is 4.39 Å². The van der Waals surface area contributed by atoms with E-state index in [0.29, 0.717) is 39.7 Å². The van der Waals surface area contributed by atoms with E-state index < -0.39 is 0 Å². The van der Waals surface area contributed by atoms with Crippen molar-refractivity contribution in [2.45, 2.75) is 39.7 Å². The number of fused-ring (bicyclic) bond motifs is 1. The smallest absolute Gasteiger partial charge is 0.268 e. The largest absolute Gasteiger partial charge is 0.349 e. The van der Waals surface area contributed by atoms with Crippen LogP contribution in [-0.2, 0) is 17.6 Å². The molecule has 0 fully saturated rings. The molecule has 3 aromatic heterocycles. The quantitative estimate of drug-likeness (QED) is 0.225. The highest BCUT2D eigenvalue weighted by Crippen LogP contribution is 2.25. The molecule has 6 rings (SSSR count). The minimum atomic E-state index is -0.365. The Kier molecular flexibility index (Phi) is 7.73. The molecular weight excluding hydrogens is 561 g/mol. The Balaban J connectivity index is 1.32. The van der Waals surface area contributed by atoms with Crippen LogP contribution in [0, 0.1) is 26.6 Å². The van der Waals surface area contributed by atoms with Crippen molar-refractivity contribution in [1.29, 1.82) is 0 Å². The van der Waals surface area contributed by atoms with Crippen molar-refractivity contribution in [3.8, 4) is 16.9 Å². The molecule has 6 aromatic rings. The van der Waals surface area contributed by atoms with E-state index in [9.17, 15) is 14.0 Å². The Labute approximate surface area is 252 Å². The zero-order valence-corrected chi connectivity index (χ0v) is 24.9. The average molecular weight is 592 g/mol. The van der Waals surface area contributed by atoms with Crippen molar-refractivity contribution in [2.24, 2.45) is 0 Å². The normalized spacial score (nSPS) is 12.0.